The lowest BCUT2D eigenvalue weighted by molar-refractivity contribution is 0.0214. The summed E-state index contributed by atoms with van der Waals surface area (Å²) in [6, 6.07) is 0.826. The summed E-state index contributed by atoms with van der Waals surface area (Å²) >= 11 is 0. The van der Waals surface area contributed by atoms with Gasteiger partial charge in [-0.15, -0.1) is 0 Å². The van der Waals surface area contributed by atoms with Gasteiger partial charge in [0.2, 0.25) is 0 Å². The minimum atomic E-state index is 0. The van der Waals surface area contributed by atoms with Gasteiger partial charge >= 0.3 is 0 Å². The molecule has 0 aromatic heterocycles. The van der Waals surface area contributed by atoms with E-state index in [1.807, 2.05) is 0 Å². The van der Waals surface area contributed by atoms with E-state index in [1.54, 1.807) is 0 Å². The Morgan fingerprint density at radius 1 is 1.10 bits per heavy atom. The average Bonchev–Trinajstić information content (AvgIpc) is 1.90. The lowest BCUT2D eigenvalue weighted by atomic mass is 10.1. The smallest absolute Gasteiger partial charge is 0.0814 e. The van der Waals surface area contributed by atoms with Crippen molar-refractivity contribution in [1.82, 2.24) is 9.80 Å². The van der Waals surface area contributed by atoms with E-state index in [4.69, 9.17) is 0 Å². The van der Waals surface area contributed by atoms with E-state index in [9.17, 15) is 0 Å². The largest absolute Gasteiger partial charge is 0.299 e. The SMILES string of the molecule is B.CC1CN2CCN1CC2. The Balaban J connectivity index is 0.000000500. The predicted octanol–water partition coefficient (Wildman–Crippen LogP) is -1.18. The van der Waals surface area contributed by atoms with Gasteiger partial charge in [0.15, 0.2) is 0 Å². The van der Waals surface area contributed by atoms with Crippen LogP contribution in [0.25, 0.3) is 0 Å². The second-order valence-corrected chi connectivity index (χ2v) is 3.19. The molecule has 3 aliphatic rings. The molecular formula is C7H17BN2. The van der Waals surface area contributed by atoms with E-state index < -0.39 is 0 Å². The minimum Gasteiger partial charge on any atom is -0.299 e. The molecule has 3 heteroatoms. The Labute approximate surface area is 64.8 Å². The van der Waals surface area contributed by atoms with Crippen LogP contribution in [0.1, 0.15) is 6.92 Å². The van der Waals surface area contributed by atoms with Crippen LogP contribution in [0.4, 0.5) is 0 Å². The van der Waals surface area contributed by atoms with E-state index in [0.717, 1.165) is 6.04 Å². The molecule has 3 heterocycles. The van der Waals surface area contributed by atoms with Gasteiger partial charge in [0.25, 0.3) is 0 Å². The van der Waals surface area contributed by atoms with Crippen molar-refractivity contribution in [3.8, 4) is 0 Å². The third-order valence-electron chi connectivity index (χ3n) is 2.55. The molecule has 0 aromatic rings. The highest BCUT2D eigenvalue weighted by molar-refractivity contribution is 5.75. The van der Waals surface area contributed by atoms with E-state index in [0.29, 0.717) is 0 Å². The first-order valence-corrected chi connectivity index (χ1v) is 3.82. The van der Waals surface area contributed by atoms with Crippen molar-refractivity contribution in [2.45, 2.75) is 13.0 Å². The molecule has 0 amide bonds. The summed E-state index contributed by atoms with van der Waals surface area (Å²) in [6.45, 7) is 8.86. The molecule has 1 unspecified atom stereocenters. The van der Waals surface area contributed by atoms with E-state index >= 15 is 0 Å². The summed E-state index contributed by atoms with van der Waals surface area (Å²) in [5.74, 6) is 0. The molecule has 0 aliphatic carbocycles. The quantitative estimate of drug-likeness (QED) is 0.391. The van der Waals surface area contributed by atoms with Gasteiger partial charge in [-0.3, -0.25) is 9.80 Å². The zero-order valence-electron chi connectivity index (χ0n) is 6.01. The van der Waals surface area contributed by atoms with Gasteiger partial charge in [-0.25, -0.2) is 0 Å². The van der Waals surface area contributed by atoms with Gasteiger partial charge in [-0.1, -0.05) is 0 Å². The maximum atomic E-state index is 2.58. The normalized spacial score (nSPS) is 44.7. The van der Waals surface area contributed by atoms with Crippen LogP contribution in [0.3, 0.4) is 0 Å². The third-order valence-corrected chi connectivity index (χ3v) is 2.55. The second kappa shape index (κ2) is 2.93. The highest BCUT2D eigenvalue weighted by atomic mass is 15.3. The number of rotatable bonds is 0. The standard InChI is InChI=1S/C7H14N2.BH3/c1-7-6-8-2-4-9(7)5-3-8;/h7H,2-6H2,1H3;1H3. The zero-order valence-corrected chi connectivity index (χ0v) is 6.01. The van der Waals surface area contributed by atoms with Crippen LogP contribution in [-0.2, 0) is 0 Å². The third kappa shape index (κ3) is 1.20. The number of nitrogens with zero attached hydrogens (tertiary/aromatic N) is 2. The summed E-state index contributed by atoms with van der Waals surface area (Å²) < 4.78 is 0. The fraction of sp³-hybridized carbons (Fsp3) is 1.00. The summed E-state index contributed by atoms with van der Waals surface area (Å²) in [5, 5.41) is 0. The molecule has 1 atom stereocenters. The molecule has 0 N–H and O–H groups in total. The van der Waals surface area contributed by atoms with Crippen molar-refractivity contribution in [2.24, 2.45) is 0 Å². The van der Waals surface area contributed by atoms with Crippen molar-refractivity contribution in [2.75, 3.05) is 32.7 Å². The minimum absolute atomic E-state index is 0. The van der Waals surface area contributed by atoms with Gasteiger partial charge in [0.05, 0.1) is 8.41 Å². The molecule has 0 spiro atoms. The highest BCUT2D eigenvalue weighted by Gasteiger charge is 2.28. The first kappa shape index (κ1) is 8.09. The van der Waals surface area contributed by atoms with Crippen LogP contribution >= 0.6 is 0 Å². The van der Waals surface area contributed by atoms with Crippen molar-refractivity contribution in [1.29, 1.82) is 0 Å². The van der Waals surface area contributed by atoms with E-state index in [-0.39, 0.29) is 8.41 Å². The van der Waals surface area contributed by atoms with E-state index in [2.05, 4.69) is 16.7 Å². The Bertz CT molecular complexity index is 110. The molecule has 3 saturated heterocycles. The summed E-state index contributed by atoms with van der Waals surface area (Å²) in [5.41, 5.74) is 0. The first-order valence-electron chi connectivity index (χ1n) is 3.82. The van der Waals surface area contributed by atoms with Crippen LogP contribution in [0.2, 0.25) is 0 Å². The average molecular weight is 140 g/mol. The molecule has 58 valence electrons. The van der Waals surface area contributed by atoms with Crippen LogP contribution in [0, 0.1) is 0 Å². The zero-order chi connectivity index (χ0) is 6.27. The number of hydrogen-bond acceptors (Lipinski definition) is 2. The van der Waals surface area contributed by atoms with Crippen molar-refractivity contribution in [3.63, 3.8) is 0 Å². The molecule has 2 nitrogen and oxygen atoms in total. The van der Waals surface area contributed by atoms with Crippen LogP contribution in [0.5, 0.6) is 0 Å². The van der Waals surface area contributed by atoms with Crippen molar-refractivity contribution >= 4 is 8.41 Å². The van der Waals surface area contributed by atoms with Crippen molar-refractivity contribution in [3.05, 3.63) is 0 Å². The molecule has 0 aromatic carbocycles. The number of hydrogen-bond donors (Lipinski definition) is 0. The van der Waals surface area contributed by atoms with Crippen LogP contribution in [-0.4, -0.2) is 57.0 Å². The van der Waals surface area contributed by atoms with Gasteiger partial charge in [-0.05, 0) is 6.92 Å². The molecular weight excluding hydrogens is 123 g/mol. The fourth-order valence-electron chi connectivity index (χ4n) is 1.88. The summed E-state index contributed by atoms with van der Waals surface area (Å²) in [7, 11) is 0. The number of fused-ring (bicyclic) bond motifs is 3. The molecule has 3 aliphatic heterocycles. The number of piperazine rings is 3. The van der Waals surface area contributed by atoms with E-state index in [1.165, 1.54) is 32.7 Å². The summed E-state index contributed by atoms with van der Waals surface area (Å²) in [4.78, 5) is 5.14. The molecule has 10 heavy (non-hydrogen) atoms. The van der Waals surface area contributed by atoms with Gasteiger partial charge < -0.3 is 0 Å². The monoisotopic (exact) mass is 140 g/mol. The lowest BCUT2D eigenvalue weighted by Gasteiger charge is -2.46. The Morgan fingerprint density at radius 2 is 1.70 bits per heavy atom. The fourth-order valence-corrected chi connectivity index (χ4v) is 1.88. The Morgan fingerprint density at radius 3 is 1.90 bits per heavy atom. The van der Waals surface area contributed by atoms with Gasteiger partial charge in [0, 0.05) is 38.8 Å². The van der Waals surface area contributed by atoms with Gasteiger partial charge in [-0.2, -0.15) is 0 Å². The Hall–Kier alpha value is -0.0151. The Kier molecular flexibility index (Phi) is 2.37. The maximum Gasteiger partial charge on any atom is 0.0814 e. The maximum absolute atomic E-state index is 2.58. The summed E-state index contributed by atoms with van der Waals surface area (Å²) in [6.07, 6.45) is 0. The van der Waals surface area contributed by atoms with Gasteiger partial charge in [0.1, 0.15) is 0 Å². The van der Waals surface area contributed by atoms with Crippen LogP contribution < -0.4 is 0 Å². The molecule has 0 radical (unpaired) electrons. The molecule has 3 fully saturated rings. The topological polar surface area (TPSA) is 6.48 Å². The van der Waals surface area contributed by atoms with Crippen molar-refractivity contribution < 1.29 is 0 Å². The first-order chi connectivity index (χ1) is 4.36. The molecule has 0 saturated carbocycles. The lowest BCUT2D eigenvalue weighted by Crippen LogP contribution is -2.59. The predicted molar refractivity (Wildman–Crippen MR) is 47.4 cm³/mol. The second-order valence-electron chi connectivity index (χ2n) is 3.19. The molecule has 3 rings (SSSR count). The highest BCUT2D eigenvalue weighted by Crippen LogP contribution is 2.13. The van der Waals surface area contributed by atoms with Crippen LogP contribution in [0.15, 0.2) is 0 Å². The molecule has 2 bridgehead atoms.